The zero-order chi connectivity index (χ0) is 12.2. The fourth-order valence-electron chi connectivity index (χ4n) is 2.25. The molecule has 0 atom stereocenters. The van der Waals surface area contributed by atoms with Gasteiger partial charge in [0.15, 0.2) is 0 Å². The van der Waals surface area contributed by atoms with Gasteiger partial charge in [-0.15, -0.1) is 0 Å². The summed E-state index contributed by atoms with van der Waals surface area (Å²) in [5.41, 5.74) is 1.14. The van der Waals surface area contributed by atoms with Gasteiger partial charge in [0, 0.05) is 32.3 Å². The summed E-state index contributed by atoms with van der Waals surface area (Å²) in [5, 5.41) is 3.51. The molecule has 2 aliphatic rings. The second-order valence-electron chi connectivity index (χ2n) is 5.10. The minimum absolute atomic E-state index is 0.738. The second-order valence-corrected chi connectivity index (χ2v) is 5.10. The van der Waals surface area contributed by atoms with Crippen LogP contribution in [0.3, 0.4) is 0 Å². The molecule has 0 radical (unpaired) electrons. The number of pyridine rings is 1. The molecule has 1 saturated carbocycles. The molecular formula is C14H21N3O. The van der Waals surface area contributed by atoms with Gasteiger partial charge in [-0.05, 0) is 31.4 Å². The topological polar surface area (TPSA) is 37.4 Å². The van der Waals surface area contributed by atoms with Crippen LogP contribution in [0.5, 0.6) is 0 Å². The molecule has 2 fully saturated rings. The average Bonchev–Trinajstić information content (AvgIpc) is 3.24. The molecule has 4 nitrogen and oxygen atoms in total. The number of ether oxygens (including phenoxy) is 1. The Kier molecular flexibility index (Phi) is 3.76. The molecule has 0 amide bonds. The fraction of sp³-hybridized carbons (Fsp3) is 0.643. The lowest BCUT2D eigenvalue weighted by molar-refractivity contribution is 0.152. The van der Waals surface area contributed by atoms with Crippen LogP contribution in [0, 0.1) is 0 Å². The van der Waals surface area contributed by atoms with Gasteiger partial charge in [0.1, 0.15) is 5.82 Å². The summed E-state index contributed by atoms with van der Waals surface area (Å²) in [6, 6.07) is 7.05. The lowest BCUT2D eigenvalue weighted by Gasteiger charge is -2.21. The molecule has 0 aromatic carbocycles. The fourth-order valence-corrected chi connectivity index (χ4v) is 2.25. The molecular weight excluding hydrogens is 226 g/mol. The number of aromatic nitrogens is 1. The van der Waals surface area contributed by atoms with Crippen molar-refractivity contribution in [3.05, 3.63) is 23.9 Å². The van der Waals surface area contributed by atoms with Gasteiger partial charge in [-0.3, -0.25) is 0 Å². The lowest BCUT2D eigenvalue weighted by Crippen LogP contribution is -2.27. The highest BCUT2D eigenvalue weighted by molar-refractivity contribution is 5.39. The van der Waals surface area contributed by atoms with E-state index < -0.39 is 0 Å². The van der Waals surface area contributed by atoms with Gasteiger partial charge in [-0.2, -0.15) is 0 Å². The highest BCUT2D eigenvalue weighted by Crippen LogP contribution is 2.19. The molecule has 98 valence electrons. The molecule has 1 N–H and O–H groups in total. The van der Waals surface area contributed by atoms with Crippen molar-refractivity contribution in [2.75, 3.05) is 31.2 Å². The summed E-state index contributed by atoms with van der Waals surface area (Å²) in [5.74, 6) is 1.09. The van der Waals surface area contributed by atoms with E-state index in [2.05, 4.69) is 28.4 Å². The third kappa shape index (κ3) is 3.21. The molecule has 18 heavy (non-hydrogen) atoms. The van der Waals surface area contributed by atoms with Gasteiger partial charge < -0.3 is 15.0 Å². The van der Waals surface area contributed by atoms with Gasteiger partial charge >= 0.3 is 0 Å². The summed E-state index contributed by atoms with van der Waals surface area (Å²) in [6.07, 6.45) is 3.73. The molecule has 1 aliphatic carbocycles. The van der Waals surface area contributed by atoms with E-state index in [0.717, 1.165) is 56.8 Å². The monoisotopic (exact) mass is 247 g/mol. The molecule has 1 aliphatic heterocycles. The number of hydrogen-bond acceptors (Lipinski definition) is 4. The standard InChI is InChI=1S/C14H21N3O/c1-3-13(11-15-12-5-6-12)16-14(4-1)17-7-2-9-18-10-8-17/h1,3-4,12,15H,2,5-11H2. The van der Waals surface area contributed by atoms with Crippen molar-refractivity contribution >= 4 is 5.82 Å². The van der Waals surface area contributed by atoms with Gasteiger partial charge in [0.05, 0.1) is 12.3 Å². The van der Waals surface area contributed by atoms with E-state index in [1.165, 1.54) is 12.8 Å². The van der Waals surface area contributed by atoms with Gasteiger partial charge in [-0.1, -0.05) is 6.07 Å². The Morgan fingerprint density at radius 2 is 2.22 bits per heavy atom. The Balaban J connectivity index is 1.64. The van der Waals surface area contributed by atoms with Crippen LogP contribution in [0.4, 0.5) is 5.82 Å². The molecule has 1 saturated heterocycles. The predicted octanol–water partition coefficient (Wildman–Crippen LogP) is 1.56. The maximum Gasteiger partial charge on any atom is 0.128 e. The first kappa shape index (κ1) is 11.9. The van der Waals surface area contributed by atoms with E-state index in [-0.39, 0.29) is 0 Å². The van der Waals surface area contributed by atoms with E-state index in [1.807, 2.05) is 0 Å². The smallest absolute Gasteiger partial charge is 0.128 e. The van der Waals surface area contributed by atoms with Crippen molar-refractivity contribution in [1.82, 2.24) is 10.3 Å². The van der Waals surface area contributed by atoms with Crippen molar-refractivity contribution in [1.29, 1.82) is 0 Å². The molecule has 1 aromatic heterocycles. The summed E-state index contributed by atoms with van der Waals surface area (Å²) in [6.45, 7) is 4.58. The first-order chi connectivity index (χ1) is 8.92. The second kappa shape index (κ2) is 5.67. The molecule has 0 spiro atoms. The quantitative estimate of drug-likeness (QED) is 0.876. The van der Waals surface area contributed by atoms with Gasteiger partial charge in [0.25, 0.3) is 0 Å². The maximum atomic E-state index is 5.48. The molecule has 0 unspecified atom stereocenters. The van der Waals surface area contributed by atoms with Crippen LogP contribution < -0.4 is 10.2 Å². The number of rotatable bonds is 4. The van der Waals surface area contributed by atoms with Crippen molar-refractivity contribution in [3.63, 3.8) is 0 Å². The molecule has 3 rings (SSSR count). The van der Waals surface area contributed by atoms with Crippen molar-refractivity contribution < 1.29 is 4.74 Å². The van der Waals surface area contributed by atoms with E-state index in [9.17, 15) is 0 Å². The van der Waals surface area contributed by atoms with Crippen LogP contribution in [0.2, 0.25) is 0 Å². The number of nitrogens with one attached hydrogen (secondary N) is 1. The minimum Gasteiger partial charge on any atom is -0.380 e. The zero-order valence-corrected chi connectivity index (χ0v) is 10.8. The highest BCUT2D eigenvalue weighted by atomic mass is 16.5. The molecule has 0 bridgehead atoms. The van der Waals surface area contributed by atoms with Crippen LogP contribution in [-0.2, 0) is 11.3 Å². The van der Waals surface area contributed by atoms with Crippen molar-refractivity contribution in [2.45, 2.75) is 31.8 Å². The largest absolute Gasteiger partial charge is 0.380 e. The predicted molar refractivity (Wildman–Crippen MR) is 71.7 cm³/mol. The van der Waals surface area contributed by atoms with Gasteiger partial charge in [-0.25, -0.2) is 4.98 Å². The van der Waals surface area contributed by atoms with Crippen LogP contribution in [0.15, 0.2) is 18.2 Å². The molecule has 2 heterocycles. The normalized spacial score (nSPS) is 20.8. The number of nitrogens with zero attached hydrogens (tertiary/aromatic N) is 2. The van der Waals surface area contributed by atoms with E-state index in [1.54, 1.807) is 0 Å². The van der Waals surface area contributed by atoms with Gasteiger partial charge in [0.2, 0.25) is 0 Å². The van der Waals surface area contributed by atoms with Crippen molar-refractivity contribution in [2.24, 2.45) is 0 Å². The Hall–Kier alpha value is -1.13. The van der Waals surface area contributed by atoms with Crippen LogP contribution in [0.1, 0.15) is 25.0 Å². The summed E-state index contributed by atoms with van der Waals surface area (Å²) < 4.78 is 5.48. The minimum atomic E-state index is 0.738. The third-order valence-electron chi connectivity index (χ3n) is 3.49. The highest BCUT2D eigenvalue weighted by Gasteiger charge is 2.20. The van der Waals surface area contributed by atoms with E-state index >= 15 is 0 Å². The summed E-state index contributed by atoms with van der Waals surface area (Å²) >= 11 is 0. The Labute approximate surface area is 108 Å². The third-order valence-corrected chi connectivity index (χ3v) is 3.49. The summed E-state index contributed by atoms with van der Waals surface area (Å²) in [4.78, 5) is 7.07. The SMILES string of the molecule is c1cc(CNC2CC2)nc(N2CCCOCC2)c1. The Morgan fingerprint density at radius 3 is 3.11 bits per heavy atom. The Morgan fingerprint density at radius 1 is 1.28 bits per heavy atom. The summed E-state index contributed by atoms with van der Waals surface area (Å²) in [7, 11) is 0. The number of anilines is 1. The maximum absolute atomic E-state index is 5.48. The first-order valence-electron chi connectivity index (χ1n) is 6.94. The first-order valence-corrected chi connectivity index (χ1v) is 6.94. The van der Waals surface area contributed by atoms with E-state index in [4.69, 9.17) is 9.72 Å². The zero-order valence-electron chi connectivity index (χ0n) is 10.8. The van der Waals surface area contributed by atoms with Crippen LogP contribution in [-0.4, -0.2) is 37.3 Å². The Bertz CT molecular complexity index is 384. The van der Waals surface area contributed by atoms with Crippen LogP contribution >= 0.6 is 0 Å². The lowest BCUT2D eigenvalue weighted by atomic mass is 10.3. The van der Waals surface area contributed by atoms with E-state index in [0.29, 0.717) is 0 Å². The molecule has 4 heteroatoms. The number of hydrogen-bond donors (Lipinski definition) is 1. The van der Waals surface area contributed by atoms with Crippen molar-refractivity contribution in [3.8, 4) is 0 Å². The average molecular weight is 247 g/mol. The van der Waals surface area contributed by atoms with Crippen LogP contribution in [0.25, 0.3) is 0 Å². The molecule has 1 aromatic rings.